The number of methoxy groups -OCH3 is 1. The van der Waals surface area contributed by atoms with Gasteiger partial charge in [-0.05, 0) is 54.4 Å². The normalized spacial score (nSPS) is 17.1. The Labute approximate surface area is 203 Å². The van der Waals surface area contributed by atoms with Crippen LogP contribution in [0.1, 0.15) is 28.3 Å². The molecule has 1 aliphatic rings. The maximum atomic E-state index is 13.0. The average Bonchev–Trinajstić information content (AvgIpc) is 3.11. The highest BCUT2D eigenvalue weighted by molar-refractivity contribution is 6.46. The number of amides is 1. The Balaban J connectivity index is 1.64. The molecule has 4 rings (SSSR count). The average molecular weight is 474 g/mol. The molecule has 3 aromatic carbocycles. The van der Waals surface area contributed by atoms with Gasteiger partial charge in [0.05, 0.1) is 18.2 Å². The number of benzene rings is 3. The van der Waals surface area contributed by atoms with Gasteiger partial charge in [0, 0.05) is 19.2 Å². The van der Waals surface area contributed by atoms with E-state index in [2.05, 4.69) is 0 Å². The second kappa shape index (κ2) is 10.4. The first-order valence-electron chi connectivity index (χ1n) is 11.2. The van der Waals surface area contributed by atoms with Gasteiger partial charge in [0.1, 0.15) is 23.9 Å². The third kappa shape index (κ3) is 5.20. The van der Waals surface area contributed by atoms with Crippen molar-refractivity contribution in [3.63, 3.8) is 0 Å². The van der Waals surface area contributed by atoms with E-state index in [0.29, 0.717) is 23.5 Å². The molecule has 0 saturated carbocycles. The number of hydrogen-bond donors (Lipinski definition) is 2. The Morgan fingerprint density at radius 2 is 1.74 bits per heavy atom. The Kier molecular flexibility index (Phi) is 7.17. The largest absolute Gasteiger partial charge is 0.508 e. The van der Waals surface area contributed by atoms with Crippen molar-refractivity contribution < 1.29 is 29.3 Å². The minimum atomic E-state index is -0.852. The summed E-state index contributed by atoms with van der Waals surface area (Å²) in [5.41, 5.74) is 3.04. The van der Waals surface area contributed by atoms with Crippen LogP contribution < -0.4 is 4.74 Å². The molecule has 0 unspecified atom stereocenters. The molecular weight excluding hydrogens is 446 g/mol. The van der Waals surface area contributed by atoms with Gasteiger partial charge in [-0.3, -0.25) is 9.59 Å². The number of phenols is 1. The number of aliphatic hydroxyl groups is 1. The number of ketones is 1. The van der Waals surface area contributed by atoms with Crippen LogP contribution in [0.25, 0.3) is 5.76 Å². The van der Waals surface area contributed by atoms with E-state index in [-0.39, 0.29) is 30.2 Å². The number of hydrogen-bond acceptors (Lipinski definition) is 6. The molecule has 0 bridgehead atoms. The van der Waals surface area contributed by atoms with Gasteiger partial charge in [-0.2, -0.15) is 0 Å². The summed E-state index contributed by atoms with van der Waals surface area (Å²) in [6.45, 7) is 2.79. The lowest BCUT2D eigenvalue weighted by Gasteiger charge is -2.25. The van der Waals surface area contributed by atoms with Crippen molar-refractivity contribution in [2.75, 3.05) is 20.3 Å². The summed E-state index contributed by atoms with van der Waals surface area (Å²) in [7, 11) is 1.50. The van der Waals surface area contributed by atoms with E-state index in [1.54, 1.807) is 36.4 Å². The summed E-state index contributed by atoms with van der Waals surface area (Å²) in [4.78, 5) is 27.1. The highest BCUT2D eigenvalue weighted by Crippen LogP contribution is 2.40. The van der Waals surface area contributed by atoms with E-state index in [0.717, 1.165) is 11.1 Å². The molecular formula is C28H27NO6. The van der Waals surface area contributed by atoms with Crippen molar-refractivity contribution >= 4 is 17.4 Å². The van der Waals surface area contributed by atoms with Crippen LogP contribution in [0.4, 0.5) is 0 Å². The number of carbonyl (C=O) groups is 2. The number of Topliss-reactive ketones (excluding diaryl/α,β-unsaturated/α-hetero) is 1. The van der Waals surface area contributed by atoms with Crippen molar-refractivity contribution in [1.82, 2.24) is 4.90 Å². The van der Waals surface area contributed by atoms with Crippen LogP contribution in [0.15, 0.2) is 78.4 Å². The van der Waals surface area contributed by atoms with E-state index in [4.69, 9.17) is 9.47 Å². The lowest BCUT2D eigenvalue weighted by Crippen LogP contribution is -2.32. The molecule has 0 radical (unpaired) electrons. The number of aliphatic hydroxyl groups excluding tert-OH is 1. The van der Waals surface area contributed by atoms with Gasteiger partial charge in [-0.15, -0.1) is 0 Å². The number of aryl methyl sites for hydroxylation is 1. The lowest BCUT2D eigenvalue weighted by molar-refractivity contribution is -0.140. The minimum absolute atomic E-state index is 0.00468. The first-order chi connectivity index (χ1) is 16.9. The van der Waals surface area contributed by atoms with Crippen molar-refractivity contribution in [1.29, 1.82) is 0 Å². The third-order valence-corrected chi connectivity index (χ3v) is 5.88. The quantitative estimate of drug-likeness (QED) is 0.287. The standard InChI is InChI=1S/C28H27NO6/c1-18-5-3-6-19(15-18)17-35-23-11-9-20(10-12-23)26(31)24-25(21-7-4-8-22(30)16-21)29(13-14-34-2)28(33)27(24)32/h3-12,15-16,25,30-31H,13-14,17H2,1-2H3/t25-/m1/s1. The van der Waals surface area contributed by atoms with Crippen LogP contribution in [0.2, 0.25) is 0 Å². The fraction of sp³-hybridized carbons (Fsp3) is 0.214. The van der Waals surface area contributed by atoms with E-state index >= 15 is 0 Å². The van der Waals surface area contributed by atoms with Gasteiger partial charge in [0.2, 0.25) is 0 Å². The summed E-state index contributed by atoms with van der Waals surface area (Å²) in [6.07, 6.45) is 0. The van der Waals surface area contributed by atoms with Crippen LogP contribution in [0, 0.1) is 6.92 Å². The second-order valence-corrected chi connectivity index (χ2v) is 8.38. The van der Waals surface area contributed by atoms with E-state index in [1.807, 2.05) is 31.2 Å². The fourth-order valence-electron chi connectivity index (χ4n) is 4.17. The molecule has 1 saturated heterocycles. The Morgan fingerprint density at radius 3 is 2.43 bits per heavy atom. The van der Waals surface area contributed by atoms with Gasteiger partial charge in [0.15, 0.2) is 0 Å². The van der Waals surface area contributed by atoms with E-state index in [9.17, 15) is 19.8 Å². The van der Waals surface area contributed by atoms with Crippen molar-refractivity contribution in [3.8, 4) is 11.5 Å². The number of ether oxygens (including phenoxy) is 2. The summed E-state index contributed by atoms with van der Waals surface area (Å²) in [5, 5.41) is 21.1. The third-order valence-electron chi connectivity index (χ3n) is 5.88. The van der Waals surface area contributed by atoms with Crippen LogP contribution in [-0.2, 0) is 20.9 Å². The molecule has 2 N–H and O–H groups in total. The molecule has 0 aliphatic carbocycles. The van der Waals surface area contributed by atoms with Crippen molar-refractivity contribution in [2.45, 2.75) is 19.6 Å². The zero-order chi connectivity index (χ0) is 24.9. The zero-order valence-electron chi connectivity index (χ0n) is 19.6. The molecule has 7 heteroatoms. The van der Waals surface area contributed by atoms with Gasteiger partial charge in [-0.25, -0.2) is 0 Å². The molecule has 1 atom stereocenters. The molecule has 1 amide bonds. The maximum absolute atomic E-state index is 13.0. The summed E-state index contributed by atoms with van der Waals surface area (Å²) >= 11 is 0. The SMILES string of the molecule is COCCN1C(=O)C(=O)C(=C(O)c2ccc(OCc3cccc(C)c3)cc2)[C@H]1c1cccc(O)c1. The van der Waals surface area contributed by atoms with Gasteiger partial charge in [0.25, 0.3) is 11.7 Å². The molecule has 180 valence electrons. The number of aromatic hydroxyl groups is 1. The number of nitrogens with zero attached hydrogens (tertiary/aromatic N) is 1. The number of rotatable bonds is 8. The zero-order valence-corrected chi connectivity index (χ0v) is 19.6. The topological polar surface area (TPSA) is 96.3 Å². The maximum Gasteiger partial charge on any atom is 0.295 e. The van der Waals surface area contributed by atoms with Crippen molar-refractivity contribution in [3.05, 3.63) is 101 Å². The van der Waals surface area contributed by atoms with Gasteiger partial charge >= 0.3 is 0 Å². The molecule has 1 heterocycles. The minimum Gasteiger partial charge on any atom is -0.508 e. The molecule has 0 aromatic heterocycles. The fourth-order valence-corrected chi connectivity index (χ4v) is 4.17. The number of phenolic OH excluding ortho intramolecular Hbond substituents is 1. The smallest absolute Gasteiger partial charge is 0.295 e. The monoisotopic (exact) mass is 473 g/mol. The van der Waals surface area contributed by atoms with Crippen LogP contribution >= 0.6 is 0 Å². The Morgan fingerprint density at radius 1 is 1.00 bits per heavy atom. The molecule has 7 nitrogen and oxygen atoms in total. The Bertz CT molecular complexity index is 1260. The van der Waals surface area contributed by atoms with Gasteiger partial charge in [-0.1, -0.05) is 42.0 Å². The summed E-state index contributed by atoms with van der Waals surface area (Å²) in [5.74, 6) is -1.20. The highest BCUT2D eigenvalue weighted by atomic mass is 16.5. The summed E-state index contributed by atoms with van der Waals surface area (Å²) in [6, 6.07) is 20.2. The predicted octanol–water partition coefficient (Wildman–Crippen LogP) is 4.35. The number of likely N-dealkylation sites (tertiary alicyclic amines) is 1. The Hall–Kier alpha value is -4.10. The molecule has 35 heavy (non-hydrogen) atoms. The number of carbonyl (C=O) groups excluding carboxylic acids is 2. The molecule has 0 spiro atoms. The molecule has 3 aromatic rings. The van der Waals surface area contributed by atoms with Crippen LogP contribution in [0.5, 0.6) is 11.5 Å². The highest BCUT2D eigenvalue weighted by Gasteiger charge is 2.45. The predicted molar refractivity (Wildman–Crippen MR) is 131 cm³/mol. The second-order valence-electron chi connectivity index (χ2n) is 8.38. The summed E-state index contributed by atoms with van der Waals surface area (Å²) < 4.78 is 10.9. The van der Waals surface area contributed by atoms with Crippen molar-refractivity contribution in [2.24, 2.45) is 0 Å². The van der Waals surface area contributed by atoms with Gasteiger partial charge < -0.3 is 24.6 Å². The first kappa shape index (κ1) is 24.0. The van der Waals surface area contributed by atoms with Crippen LogP contribution in [0.3, 0.4) is 0 Å². The van der Waals surface area contributed by atoms with Crippen LogP contribution in [-0.4, -0.2) is 47.1 Å². The van der Waals surface area contributed by atoms with E-state index in [1.165, 1.54) is 24.1 Å². The molecule has 1 fully saturated rings. The molecule has 1 aliphatic heterocycles. The first-order valence-corrected chi connectivity index (χ1v) is 11.2. The lowest BCUT2D eigenvalue weighted by atomic mass is 9.95. The van der Waals surface area contributed by atoms with E-state index < -0.39 is 17.7 Å².